The highest BCUT2D eigenvalue weighted by Crippen LogP contribution is 2.05. The average Bonchev–Trinajstić information content (AvgIpc) is 2.23. The molecule has 0 atom stereocenters. The molecule has 18 heavy (non-hydrogen) atoms. The molecule has 0 aliphatic heterocycles. The van der Waals surface area contributed by atoms with E-state index in [0.29, 0.717) is 13.0 Å². The van der Waals surface area contributed by atoms with E-state index in [0.717, 1.165) is 6.42 Å². The van der Waals surface area contributed by atoms with E-state index < -0.39 is 0 Å². The summed E-state index contributed by atoms with van der Waals surface area (Å²) in [6, 6.07) is 0.158. The molecule has 5 heteroatoms. The SMILES string of the molecule is CCC(C)(C)NC(=O)CNCCC(=O)NC(C)C. The zero-order valence-corrected chi connectivity index (χ0v) is 12.2. The lowest BCUT2D eigenvalue weighted by Crippen LogP contribution is -2.46. The summed E-state index contributed by atoms with van der Waals surface area (Å²) in [5, 5.41) is 8.69. The van der Waals surface area contributed by atoms with Crippen LogP contribution in [0, 0.1) is 0 Å². The minimum Gasteiger partial charge on any atom is -0.354 e. The molecule has 0 fully saturated rings. The van der Waals surface area contributed by atoms with Crippen molar-refractivity contribution in [2.45, 2.75) is 59.0 Å². The van der Waals surface area contributed by atoms with Gasteiger partial charge in [0.2, 0.25) is 11.8 Å². The molecule has 5 nitrogen and oxygen atoms in total. The smallest absolute Gasteiger partial charge is 0.234 e. The molecule has 0 radical (unpaired) electrons. The highest BCUT2D eigenvalue weighted by molar-refractivity contribution is 5.79. The van der Waals surface area contributed by atoms with Crippen molar-refractivity contribution in [1.82, 2.24) is 16.0 Å². The Bertz CT molecular complexity index is 275. The van der Waals surface area contributed by atoms with E-state index in [9.17, 15) is 9.59 Å². The number of hydrogen-bond acceptors (Lipinski definition) is 3. The van der Waals surface area contributed by atoms with Gasteiger partial charge in [-0.2, -0.15) is 0 Å². The molecular weight excluding hydrogens is 230 g/mol. The molecule has 3 N–H and O–H groups in total. The molecular formula is C13H27N3O2. The molecule has 0 aromatic rings. The van der Waals surface area contributed by atoms with Gasteiger partial charge in [-0.15, -0.1) is 0 Å². The first-order valence-corrected chi connectivity index (χ1v) is 6.58. The van der Waals surface area contributed by atoms with Gasteiger partial charge in [0.1, 0.15) is 0 Å². The van der Waals surface area contributed by atoms with Crippen molar-refractivity contribution in [2.24, 2.45) is 0 Å². The fraction of sp³-hybridized carbons (Fsp3) is 0.846. The summed E-state index contributed by atoms with van der Waals surface area (Å²) in [7, 11) is 0. The maximum atomic E-state index is 11.6. The van der Waals surface area contributed by atoms with E-state index in [2.05, 4.69) is 16.0 Å². The summed E-state index contributed by atoms with van der Waals surface area (Å²) in [6.45, 7) is 10.6. The predicted octanol–water partition coefficient (Wildman–Crippen LogP) is 0.796. The Morgan fingerprint density at radius 2 is 1.78 bits per heavy atom. The van der Waals surface area contributed by atoms with E-state index in [4.69, 9.17) is 0 Å². The van der Waals surface area contributed by atoms with Gasteiger partial charge in [-0.3, -0.25) is 9.59 Å². The zero-order valence-electron chi connectivity index (χ0n) is 12.2. The zero-order chi connectivity index (χ0) is 14.2. The Hall–Kier alpha value is -1.10. The largest absolute Gasteiger partial charge is 0.354 e. The fourth-order valence-electron chi connectivity index (χ4n) is 1.31. The molecule has 0 aromatic heterocycles. The Balaban J connectivity index is 3.67. The number of hydrogen-bond donors (Lipinski definition) is 3. The van der Waals surface area contributed by atoms with Crippen molar-refractivity contribution in [2.75, 3.05) is 13.1 Å². The minimum atomic E-state index is -0.173. The quantitative estimate of drug-likeness (QED) is 0.563. The summed E-state index contributed by atoms with van der Waals surface area (Å²) >= 11 is 0. The van der Waals surface area contributed by atoms with Gasteiger partial charge in [0.05, 0.1) is 6.54 Å². The van der Waals surface area contributed by atoms with Crippen LogP contribution in [0.15, 0.2) is 0 Å². The van der Waals surface area contributed by atoms with Gasteiger partial charge in [0.25, 0.3) is 0 Å². The van der Waals surface area contributed by atoms with Gasteiger partial charge in [-0.1, -0.05) is 6.92 Å². The second kappa shape index (κ2) is 8.08. The van der Waals surface area contributed by atoms with Crippen LogP contribution < -0.4 is 16.0 Å². The monoisotopic (exact) mass is 257 g/mol. The van der Waals surface area contributed by atoms with Crippen molar-refractivity contribution in [3.05, 3.63) is 0 Å². The summed E-state index contributed by atoms with van der Waals surface area (Å²) in [5.41, 5.74) is -0.173. The van der Waals surface area contributed by atoms with E-state index in [1.54, 1.807) is 0 Å². The van der Waals surface area contributed by atoms with E-state index in [-0.39, 0.29) is 29.9 Å². The highest BCUT2D eigenvalue weighted by Gasteiger charge is 2.17. The molecule has 0 saturated carbocycles. The van der Waals surface area contributed by atoms with Crippen LogP contribution in [0.4, 0.5) is 0 Å². The molecule has 0 aliphatic rings. The van der Waals surface area contributed by atoms with Crippen LogP contribution in [-0.2, 0) is 9.59 Å². The molecule has 0 aliphatic carbocycles. The normalized spacial score (nSPS) is 11.4. The number of carbonyl (C=O) groups excluding carboxylic acids is 2. The first-order valence-electron chi connectivity index (χ1n) is 6.58. The third kappa shape index (κ3) is 8.98. The molecule has 106 valence electrons. The topological polar surface area (TPSA) is 70.2 Å². The van der Waals surface area contributed by atoms with Crippen molar-refractivity contribution in [3.8, 4) is 0 Å². The second-order valence-electron chi connectivity index (χ2n) is 5.43. The number of carbonyl (C=O) groups is 2. The van der Waals surface area contributed by atoms with Gasteiger partial charge in [-0.05, 0) is 34.1 Å². The van der Waals surface area contributed by atoms with Crippen LogP contribution in [-0.4, -0.2) is 36.5 Å². The molecule has 0 rings (SSSR count). The van der Waals surface area contributed by atoms with Gasteiger partial charge in [0.15, 0.2) is 0 Å². The third-order valence-electron chi connectivity index (χ3n) is 2.63. The summed E-state index contributed by atoms with van der Waals surface area (Å²) in [5.74, 6) is -0.0297. The lowest BCUT2D eigenvalue weighted by Gasteiger charge is -2.24. The molecule has 0 unspecified atom stereocenters. The van der Waals surface area contributed by atoms with Gasteiger partial charge in [-0.25, -0.2) is 0 Å². The lowest BCUT2D eigenvalue weighted by atomic mass is 10.0. The fourth-order valence-corrected chi connectivity index (χ4v) is 1.31. The van der Waals surface area contributed by atoms with Crippen molar-refractivity contribution < 1.29 is 9.59 Å². The molecule has 2 amide bonds. The van der Waals surface area contributed by atoms with Crippen LogP contribution in [0.25, 0.3) is 0 Å². The van der Waals surface area contributed by atoms with Gasteiger partial charge in [0, 0.05) is 24.5 Å². The van der Waals surface area contributed by atoms with Gasteiger partial charge < -0.3 is 16.0 Å². The highest BCUT2D eigenvalue weighted by atomic mass is 16.2. The molecule has 0 aromatic carbocycles. The Kier molecular flexibility index (Phi) is 7.59. The maximum absolute atomic E-state index is 11.6. The molecule has 0 spiro atoms. The number of amides is 2. The minimum absolute atomic E-state index is 0.00629. The number of nitrogens with one attached hydrogen (secondary N) is 3. The standard InChI is InChI=1S/C13H27N3O2/c1-6-13(4,5)16-12(18)9-14-8-7-11(17)15-10(2)3/h10,14H,6-9H2,1-5H3,(H,15,17)(H,16,18). The van der Waals surface area contributed by atoms with E-state index >= 15 is 0 Å². The van der Waals surface area contributed by atoms with Crippen LogP contribution >= 0.6 is 0 Å². The van der Waals surface area contributed by atoms with Crippen molar-refractivity contribution in [1.29, 1.82) is 0 Å². The summed E-state index contributed by atoms with van der Waals surface area (Å²) in [4.78, 5) is 22.9. The summed E-state index contributed by atoms with van der Waals surface area (Å²) in [6.07, 6.45) is 1.28. The summed E-state index contributed by atoms with van der Waals surface area (Å²) < 4.78 is 0. The van der Waals surface area contributed by atoms with Gasteiger partial charge >= 0.3 is 0 Å². The molecule has 0 heterocycles. The molecule has 0 saturated heterocycles. The van der Waals surface area contributed by atoms with Crippen LogP contribution in [0.5, 0.6) is 0 Å². The van der Waals surface area contributed by atoms with Crippen LogP contribution in [0.2, 0.25) is 0 Å². The van der Waals surface area contributed by atoms with Crippen LogP contribution in [0.1, 0.15) is 47.5 Å². The first-order chi connectivity index (χ1) is 8.26. The van der Waals surface area contributed by atoms with E-state index in [1.165, 1.54) is 0 Å². The van der Waals surface area contributed by atoms with Crippen LogP contribution in [0.3, 0.4) is 0 Å². The second-order valence-corrected chi connectivity index (χ2v) is 5.43. The maximum Gasteiger partial charge on any atom is 0.234 e. The van der Waals surface area contributed by atoms with Crippen molar-refractivity contribution >= 4 is 11.8 Å². The Labute approximate surface area is 110 Å². The third-order valence-corrected chi connectivity index (χ3v) is 2.63. The molecule has 0 bridgehead atoms. The lowest BCUT2D eigenvalue weighted by molar-refractivity contribution is -0.123. The Morgan fingerprint density at radius 3 is 2.28 bits per heavy atom. The van der Waals surface area contributed by atoms with E-state index in [1.807, 2.05) is 34.6 Å². The first kappa shape index (κ1) is 16.9. The predicted molar refractivity (Wildman–Crippen MR) is 73.3 cm³/mol. The average molecular weight is 257 g/mol. The Morgan fingerprint density at radius 1 is 1.17 bits per heavy atom. The number of rotatable bonds is 8. The van der Waals surface area contributed by atoms with Crippen molar-refractivity contribution in [3.63, 3.8) is 0 Å².